The maximum absolute atomic E-state index is 12.3. The molecule has 1 saturated heterocycles. The van der Waals surface area contributed by atoms with Crippen LogP contribution in [0.5, 0.6) is 0 Å². The number of nitrogens with zero attached hydrogens (tertiary/aromatic N) is 1. The van der Waals surface area contributed by atoms with Crippen molar-refractivity contribution < 1.29 is 4.79 Å². The van der Waals surface area contributed by atoms with Gasteiger partial charge in [-0.25, -0.2) is 0 Å². The first-order valence-electron chi connectivity index (χ1n) is 7.08. The SMILES string of the molecule is NCCCCC(=O)N1CCCC1c1ccc(Cl)c(Cl)c1. The summed E-state index contributed by atoms with van der Waals surface area (Å²) in [5.41, 5.74) is 6.54. The minimum Gasteiger partial charge on any atom is -0.336 e. The molecule has 1 aromatic carbocycles. The van der Waals surface area contributed by atoms with E-state index < -0.39 is 0 Å². The van der Waals surface area contributed by atoms with Crippen LogP contribution in [-0.4, -0.2) is 23.9 Å². The first kappa shape index (κ1) is 15.6. The van der Waals surface area contributed by atoms with Crippen molar-refractivity contribution in [1.82, 2.24) is 4.90 Å². The number of likely N-dealkylation sites (tertiary alicyclic amines) is 1. The van der Waals surface area contributed by atoms with E-state index in [9.17, 15) is 4.79 Å². The Morgan fingerprint density at radius 1 is 1.30 bits per heavy atom. The van der Waals surface area contributed by atoms with Gasteiger partial charge in [-0.15, -0.1) is 0 Å². The third kappa shape index (κ3) is 3.66. The van der Waals surface area contributed by atoms with Gasteiger partial charge in [0, 0.05) is 13.0 Å². The molecule has 1 aliphatic rings. The summed E-state index contributed by atoms with van der Waals surface area (Å²) >= 11 is 12.0. The van der Waals surface area contributed by atoms with Crippen LogP contribution in [-0.2, 0) is 4.79 Å². The summed E-state index contributed by atoms with van der Waals surface area (Å²) in [5, 5.41) is 1.10. The van der Waals surface area contributed by atoms with Crippen molar-refractivity contribution in [1.29, 1.82) is 0 Å². The van der Waals surface area contributed by atoms with Gasteiger partial charge in [0.1, 0.15) is 0 Å². The van der Waals surface area contributed by atoms with Crippen LogP contribution in [0.2, 0.25) is 10.0 Å². The summed E-state index contributed by atoms with van der Waals surface area (Å²) in [4.78, 5) is 14.3. The van der Waals surface area contributed by atoms with Crippen molar-refractivity contribution in [3.05, 3.63) is 33.8 Å². The topological polar surface area (TPSA) is 46.3 Å². The fourth-order valence-electron chi connectivity index (χ4n) is 2.70. The monoisotopic (exact) mass is 314 g/mol. The zero-order valence-corrected chi connectivity index (χ0v) is 13.0. The molecule has 0 saturated carbocycles. The van der Waals surface area contributed by atoms with E-state index >= 15 is 0 Å². The van der Waals surface area contributed by atoms with Crippen LogP contribution < -0.4 is 5.73 Å². The largest absolute Gasteiger partial charge is 0.336 e. The number of carbonyl (C=O) groups excluding carboxylic acids is 1. The summed E-state index contributed by atoms with van der Waals surface area (Å²) in [5.74, 6) is 0.215. The standard InChI is InChI=1S/C15H20Cl2N2O/c16-12-7-6-11(10-13(12)17)14-4-3-9-19(14)15(20)5-1-2-8-18/h6-7,10,14H,1-5,8-9,18H2. The van der Waals surface area contributed by atoms with Gasteiger partial charge in [0.15, 0.2) is 0 Å². The Balaban J connectivity index is 2.06. The van der Waals surface area contributed by atoms with Crippen LogP contribution in [0.25, 0.3) is 0 Å². The van der Waals surface area contributed by atoms with E-state index in [-0.39, 0.29) is 11.9 Å². The first-order valence-corrected chi connectivity index (χ1v) is 7.83. The Kier molecular flexibility index (Phi) is 5.70. The maximum Gasteiger partial charge on any atom is 0.223 e. The van der Waals surface area contributed by atoms with Gasteiger partial charge in [-0.05, 0) is 49.9 Å². The van der Waals surface area contributed by atoms with Crippen LogP contribution in [0.1, 0.15) is 43.7 Å². The van der Waals surface area contributed by atoms with Gasteiger partial charge >= 0.3 is 0 Å². The quantitative estimate of drug-likeness (QED) is 0.840. The van der Waals surface area contributed by atoms with E-state index in [4.69, 9.17) is 28.9 Å². The van der Waals surface area contributed by atoms with Gasteiger partial charge in [-0.3, -0.25) is 4.79 Å². The molecule has 0 aromatic heterocycles. The van der Waals surface area contributed by atoms with Crippen molar-refractivity contribution in [2.45, 2.75) is 38.1 Å². The molecule has 110 valence electrons. The first-order chi connectivity index (χ1) is 9.63. The molecule has 0 bridgehead atoms. The van der Waals surface area contributed by atoms with E-state index in [1.54, 1.807) is 6.07 Å². The maximum atomic E-state index is 12.3. The molecule has 1 atom stereocenters. The molecule has 5 heteroatoms. The summed E-state index contributed by atoms with van der Waals surface area (Å²) in [7, 11) is 0. The minimum absolute atomic E-state index is 0.134. The molecule has 1 unspecified atom stereocenters. The molecule has 2 N–H and O–H groups in total. The second-order valence-corrected chi connectivity index (χ2v) is 5.98. The van der Waals surface area contributed by atoms with Crippen LogP contribution >= 0.6 is 23.2 Å². The third-order valence-corrected chi connectivity index (χ3v) is 4.49. The average molecular weight is 315 g/mol. The highest BCUT2D eigenvalue weighted by Crippen LogP contribution is 2.35. The summed E-state index contributed by atoms with van der Waals surface area (Å²) in [6, 6.07) is 5.77. The lowest BCUT2D eigenvalue weighted by Gasteiger charge is -2.25. The molecule has 3 nitrogen and oxygen atoms in total. The Bertz CT molecular complexity index is 479. The highest BCUT2D eigenvalue weighted by molar-refractivity contribution is 6.42. The van der Waals surface area contributed by atoms with Crippen molar-refractivity contribution in [3.8, 4) is 0 Å². The van der Waals surface area contributed by atoms with E-state index in [2.05, 4.69) is 0 Å². The Morgan fingerprint density at radius 3 is 2.80 bits per heavy atom. The number of amides is 1. The Hall–Kier alpha value is -0.770. The average Bonchev–Trinajstić information content (AvgIpc) is 2.91. The van der Waals surface area contributed by atoms with E-state index in [0.717, 1.165) is 37.8 Å². The lowest BCUT2D eigenvalue weighted by atomic mass is 10.0. The zero-order valence-electron chi connectivity index (χ0n) is 11.4. The van der Waals surface area contributed by atoms with Crippen LogP contribution in [0.15, 0.2) is 18.2 Å². The highest BCUT2D eigenvalue weighted by atomic mass is 35.5. The molecule has 0 spiro atoms. The molecular formula is C15H20Cl2N2O. The highest BCUT2D eigenvalue weighted by Gasteiger charge is 2.29. The third-order valence-electron chi connectivity index (χ3n) is 3.75. The fraction of sp³-hybridized carbons (Fsp3) is 0.533. The van der Waals surface area contributed by atoms with E-state index in [0.29, 0.717) is 23.0 Å². The number of rotatable bonds is 5. The number of benzene rings is 1. The summed E-state index contributed by atoms with van der Waals surface area (Å²) in [6.07, 6.45) is 4.36. The molecule has 0 radical (unpaired) electrons. The molecular weight excluding hydrogens is 295 g/mol. The molecule has 1 aromatic rings. The van der Waals surface area contributed by atoms with E-state index in [1.807, 2.05) is 17.0 Å². The van der Waals surface area contributed by atoms with Crippen LogP contribution in [0.4, 0.5) is 0 Å². The molecule has 1 amide bonds. The number of carbonyl (C=O) groups is 1. The second kappa shape index (κ2) is 7.30. The predicted octanol–water partition coefficient (Wildman–Crippen LogP) is 3.79. The number of nitrogens with two attached hydrogens (primary N) is 1. The van der Waals surface area contributed by atoms with Gasteiger partial charge in [-0.2, -0.15) is 0 Å². The fourth-order valence-corrected chi connectivity index (χ4v) is 3.00. The Labute approximate surface area is 130 Å². The van der Waals surface area contributed by atoms with E-state index in [1.165, 1.54) is 0 Å². The van der Waals surface area contributed by atoms with Crippen LogP contribution in [0, 0.1) is 0 Å². The number of hydrogen-bond acceptors (Lipinski definition) is 2. The van der Waals surface area contributed by atoms with Crippen LogP contribution in [0.3, 0.4) is 0 Å². The number of unbranched alkanes of at least 4 members (excludes halogenated alkanes) is 1. The number of halogens is 2. The van der Waals surface area contributed by atoms with Gasteiger partial charge in [0.2, 0.25) is 5.91 Å². The molecule has 2 rings (SSSR count). The summed E-state index contributed by atoms with van der Waals surface area (Å²) in [6.45, 7) is 1.47. The molecule has 1 heterocycles. The lowest BCUT2D eigenvalue weighted by molar-refractivity contribution is -0.132. The van der Waals surface area contributed by atoms with Gasteiger partial charge in [0.25, 0.3) is 0 Å². The Morgan fingerprint density at radius 2 is 2.10 bits per heavy atom. The van der Waals surface area contributed by atoms with Crippen molar-refractivity contribution >= 4 is 29.1 Å². The lowest BCUT2D eigenvalue weighted by Crippen LogP contribution is -2.30. The van der Waals surface area contributed by atoms with Gasteiger partial charge < -0.3 is 10.6 Å². The van der Waals surface area contributed by atoms with Crippen molar-refractivity contribution in [2.75, 3.05) is 13.1 Å². The summed E-state index contributed by atoms with van der Waals surface area (Å²) < 4.78 is 0. The second-order valence-electron chi connectivity index (χ2n) is 5.16. The number of hydrogen-bond donors (Lipinski definition) is 1. The normalized spacial score (nSPS) is 18.6. The molecule has 0 aliphatic carbocycles. The van der Waals surface area contributed by atoms with Gasteiger partial charge in [-0.1, -0.05) is 29.3 Å². The minimum atomic E-state index is 0.134. The molecule has 1 fully saturated rings. The van der Waals surface area contributed by atoms with Crippen molar-refractivity contribution in [2.24, 2.45) is 5.73 Å². The molecule has 20 heavy (non-hydrogen) atoms. The smallest absolute Gasteiger partial charge is 0.223 e. The predicted molar refractivity (Wildman–Crippen MR) is 83.1 cm³/mol. The molecule has 1 aliphatic heterocycles. The van der Waals surface area contributed by atoms with Crippen molar-refractivity contribution in [3.63, 3.8) is 0 Å². The van der Waals surface area contributed by atoms with Gasteiger partial charge in [0.05, 0.1) is 16.1 Å². The zero-order chi connectivity index (χ0) is 14.5.